The molecule has 0 fully saturated rings. The van der Waals surface area contributed by atoms with Crippen LogP contribution in [0.4, 0.5) is 11.6 Å². The number of nitrogens with zero attached hydrogens (tertiary/aromatic N) is 3. The molecule has 0 unspecified atom stereocenters. The number of benzene rings is 1. The van der Waals surface area contributed by atoms with Crippen molar-refractivity contribution >= 4 is 36.0 Å². The Bertz CT molecular complexity index is 1050. The molecule has 0 spiro atoms. The third-order valence-corrected chi connectivity index (χ3v) is 3.96. The third kappa shape index (κ3) is 2.92. The lowest BCUT2D eigenvalue weighted by atomic mass is 9.96. The van der Waals surface area contributed by atoms with Gasteiger partial charge in [0.15, 0.2) is 0 Å². The van der Waals surface area contributed by atoms with Gasteiger partial charge in [0.05, 0.1) is 18.2 Å². The molecule has 0 aliphatic carbocycles. The summed E-state index contributed by atoms with van der Waals surface area (Å²) in [6.45, 7) is 0. The fraction of sp³-hybridized carbons (Fsp3) is 0.0556. The predicted molar refractivity (Wildman–Crippen MR) is 102 cm³/mol. The molecule has 0 radical (unpaired) electrons. The van der Waals surface area contributed by atoms with Gasteiger partial charge < -0.3 is 15.0 Å². The van der Waals surface area contributed by atoms with E-state index in [9.17, 15) is 0 Å². The van der Waals surface area contributed by atoms with E-state index < -0.39 is 0 Å². The highest BCUT2D eigenvalue weighted by Crippen LogP contribution is 2.33. The number of ether oxygens (including phenoxy) is 1. The second-order valence-electron chi connectivity index (χ2n) is 5.70. The van der Waals surface area contributed by atoms with Crippen molar-refractivity contribution in [1.82, 2.24) is 19.9 Å². The van der Waals surface area contributed by atoms with E-state index in [4.69, 9.17) is 4.74 Å². The zero-order chi connectivity index (χ0) is 17.2. The molecule has 3 heterocycles. The number of methoxy groups -OCH3 is 1. The van der Waals surface area contributed by atoms with E-state index in [2.05, 4.69) is 31.3 Å². The van der Waals surface area contributed by atoms with Gasteiger partial charge in [-0.05, 0) is 24.3 Å². The fourth-order valence-electron chi connectivity index (χ4n) is 2.82. The number of H-pyrrole nitrogens is 1. The molecule has 0 bridgehead atoms. The van der Waals surface area contributed by atoms with Crippen molar-refractivity contribution in [2.75, 3.05) is 12.4 Å². The van der Waals surface area contributed by atoms with Crippen molar-refractivity contribution in [3.8, 4) is 17.0 Å². The summed E-state index contributed by atoms with van der Waals surface area (Å²) < 4.78 is 5.47. The summed E-state index contributed by atoms with van der Waals surface area (Å²) >= 11 is 0. The second-order valence-corrected chi connectivity index (χ2v) is 5.70. The first kappa shape index (κ1) is 15.2. The van der Waals surface area contributed by atoms with Crippen molar-refractivity contribution in [1.29, 1.82) is 0 Å². The van der Waals surface area contributed by atoms with Crippen LogP contribution >= 0.6 is 0 Å². The molecule has 0 atom stereocenters. The Balaban J connectivity index is 1.75. The minimum atomic E-state index is 0.542. The molecule has 0 aliphatic heterocycles. The highest BCUT2D eigenvalue weighted by Gasteiger charge is 2.13. The van der Waals surface area contributed by atoms with Crippen LogP contribution in [0, 0.1) is 0 Å². The van der Waals surface area contributed by atoms with Gasteiger partial charge in [-0.1, -0.05) is 17.6 Å². The van der Waals surface area contributed by atoms with E-state index in [1.165, 1.54) is 5.46 Å². The summed E-state index contributed by atoms with van der Waals surface area (Å²) in [6.07, 6.45) is 5.34. The molecule has 25 heavy (non-hydrogen) atoms. The van der Waals surface area contributed by atoms with E-state index in [1.54, 1.807) is 19.5 Å². The monoisotopic (exact) mass is 329 g/mol. The molecule has 0 aliphatic rings. The molecule has 0 saturated carbocycles. The lowest BCUT2D eigenvalue weighted by Crippen LogP contribution is -2.04. The van der Waals surface area contributed by atoms with Gasteiger partial charge in [-0.3, -0.25) is 0 Å². The highest BCUT2D eigenvalue weighted by molar-refractivity contribution is 6.32. The van der Waals surface area contributed by atoms with Gasteiger partial charge >= 0.3 is 0 Å². The number of hydrogen-bond donors (Lipinski definition) is 2. The van der Waals surface area contributed by atoms with Gasteiger partial charge in [-0.15, -0.1) is 0 Å². The van der Waals surface area contributed by atoms with Crippen LogP contribution in [0.1, 0.15) is 0 Å². The van der Waals surface area contributed by atoms with E-state index in [0.29, 0.717) is 5.95 Å². The van der Waals surface area contributed by atoms with Crippen LogP contribution in [0.3, 0.4) is 0 Å². The molecule has 0 saturated heterocycles. The van der Waals surface area contributed by atoms with E-state index in [-0.39, 0.29) is 0 Å². The SMILES string of the molecule is Bc1cccc(Nc2nccc(-c3c[nH]c4nccc(OC)c34)n2)c1. The topological polar surface area (TPSA) is 75.7 Å². The average Bonchev–Trinajstić information content (AvgIpc) is 3.06. The molecule has 4 aromatic rings. The summed E-state index contributed by atoms with van der Waals surface area (Å²) in [4.78, 5) is 16.5. The minimum absolute atomic E-state index is 0.542. The Morgan fingerprint density at radius 1 is 1.12 bits per heavy atom. The summed E-state index contributed by atoms with van der Waals surface area (Å²) in [6, 6.07) is 11.8. The third-order valence-electron chi connectivity index (χ3n) is 3.96. The van der Waals surface area contributed by atoms with Crippen LogP contribution in [0.2, 0.25) is 0 Å². The molecule has 2 N–H and O–H groups in total. The normalized spacial score (nSPS) is 10.8. The number of aromatic nitrogens is 4. The maximum absolute atomic E-state index is 5.47. The molecule has 3 aromatic heterocycles. The van der Waals surface area contributed by atoms with Crippen molar-refractivity contribution in [2.24, 2.45) is 0 Å². The average molecular weight is 329 g/mol. The Kier molecular flexibility index (Phi) is 3.82. The zero-order valence-corrected chi connectivity index (χ0v) is 13.9. The van der Waals surface area contributed by atoms with Gasteiger partial charge in [0.2, 0.25) is 5.95 Å². The number of rotatable bonds is 4. The van der Waals surface area contributed by atoms with E-state index in [1.807, 2.05) is 44.4 Å². The first-order valence-corrected chi connectivity index (χ1v) is 7.92. The van der Waals surface area contributed by atoms with Gasteiger partial charge in [0.1, 0.15) is 19.2 Å². The molecule has 1 aromatic carbocycles. The fourth-order valence-corrected chi connectivity index (χ4v) is 2.82. The number of fused-ring (bicyclic) bond motifs is 1. The molecule has 6 nitrogen and oxygen atoms in total. The summed E-state index contributed by atoms with van der Waals surface area (Å²) in [7, 11) is 3.70. The van der Waals surface area contributed by atoms with Crippen molar-refractivity contribution < 1.29 is 4.74 Å². The van der Waals surface area contributed by atoms with Crippen LogP contribution in [0.5, 0.6) is 5.75 Å². The molecular formula is C18H16BN5O. The van der Waals surface area contributed by atoms with Crippen molar-refractivity contribution in [2.45, 2.75) is 0 Å². The summed E-state index contributed by atoms with van der Waals surface area (Å²) in [5, 5.41) is 4.15. The Morgan fingerprint density at radius 2 is 2.00 bits per heavy atom. The minimum Gasteiger partial charge on any atom is -0.496 e. The maximum Gasteiger partial charge on any atom is 0.227 e. The van der Waals surface area contributed by atoms with Crippen LogP contribution in [-0.4, -0.2) is 34.9 Å². The van der Waals surface area contributed by atoms with Crippen LogP contribution in [-0.2, 0) is 0 Å². The molecular weight excluding hydrogens is 313 g/mol. The van der Waals surface area contributed by atoms with Crippen LogP contribution in [0.15, 0.2) is 55.0 Å². The largest absolute Gasteiger partial charge is 0.496 e. The van der Waals surface area contributed by atoms with Crippen molar-refractivity contribution in [3.05, 3.63) is 55.0 Å². The van der Waals surface area contributed by atoms with Gasteiger partial charge in [0.25, 0.3) is 0 Å². The molecule has 4 rings (SSSR count). The van der Waals surface area contributed by atoms with Crippen LogP contribution in [0.25, 0.3) is 22.3 Å². The van der Waals surface area contributed by atoms with Crippen LogP contribution < -0.4 is 15.5 Å². The lowest BCUT2D eigenvalue weighted by Gasteiger charge is -2.08. The highest BCUT2D eigenvalue weighted by atomic mass is 16.5. The van der Waals surface area contributed by atoms with E-state index >= 15 is 0 Å². The Labute approximate surface area is 145 Å². The molecule has 7 heteroatoms. The Hall–Kier alpha value is -3.35. The van der Waals surface area contributed by atoms with Gasteiger partial charge in [-0.2, -0.15) is 0 Å². The number of anilines is 2. The second kappa shape index (κ2) is 6.28. The van der Waals surface area contributed by atoms with Gasteiger partial charge in [0, 0.05) is 29.8 Å². The number of pyridine rings is 1. The first-order chi connectivity index (χ1) is 12.2. The van der Waals surface area contributed by atoms with Crippen molar-refractivity contribution in [3.63, 3.8) is 0 Å². The first-order valence-electron chi connectivity index (χ1n) is 7.92. The number of aromatic amines is 1. The number of hydrogen-bond acceptors (Lipinski definition) is 5. The summed E-state index contributed by atoms with van der Waals surface area (Å²) in [5.74, 6) is 1.30. The summed E-state index contributed by atoms with van der Waals surface area (Å²) in [5.41, 5.74) is 4.61. The molecule has 0 amide bonds. The molecule has 122 valence electrons. The smallest absolute Gasteiger partial charge is 0.227 e. The lowest BCUT2D eigenvalue weighted by molar-refractivity contribution is 0.419. The maximum atomic E-state index is 5.47. The standard InChI is InChI=1S/C18H16BN5O/c1-25-15-6-8-20-17-16(15)13(10-22-17)14-5-7-21-18(24-14)23-12-4-2-3-11(19)9-12/h2-10H,19H2,1H3,(H,20,22)(H,21,23,24). The quantitative estimate of drug-likeness (QED) is 0.560. The number of nitrogens with one attached hydrogen (secondary N) is 2. The Morgan fingerprint density at radius 3 is 2.84 bits per heavy atom. The van der Waals surface area contributed by atoms with Gasteiger partial charge in [-0.25, -0.2) is 15.0 Å². The van der Waals surface area contributed by atoms with E-state index in [0.717, 1.165) is 33.7 Å². The zero-order valence-electron chi connectivity index (χ0n) is 13.9. The predicted octanol–water partition coefficient (Wildman–Crippen LogP) is 2.03.